The SMILES string of the molecule is COc1ccc(/C(C)=N\NC(=O)Cc2nc(C)cs2)cc1. The van der Waals surface area contributed by atoms with E-state index in [0.29, 0.717) is 0 Å². The number of hydrazone groups is 1. The molecule has 0 saturated heterocycles. The van der Waals surface area contributed by atoms with Crippen LogP contribution >= 0.6 is 11.3 Å². The zero-order chi connectivity index (χ0) is 15.2. The molecule has 0 fully saturated rings. The summed E-state index contributed by atoms with van der Waals surface area (Å²) >= 11 is 1.48. The van der Waals surface area contributed by atoms with Gasteiger partial charge < -0.3 is 4.74 Å². The third-order valence-corrected chi connectivity index (χ3v) is 3.80. The van der Waals surface area contributed by atoms with E-state index in [4.69, 9.17) is 4.74 Å². The van der Waals surface area contributed by atoms with Gasteiger partial charge in [-0.15, -0.1) is 11.3 Å². The Kier molecular flexibility index (Phi) is 5.05. The van der Waals surface area contributed by atoms with Crippen LogP contribution < -0.4 is 10.2 Å². The zero-order valence-corrected chi connectivity index (χ0v) is 13.0. The summed E-state index contributed by atoms with van der Waals surface area (Å²) < 4.78 is 5.10. The molecule has 0 radical (unpaired) electrons. The molecule has 0 bridgehead atoms. The highest BCUT2D eigenvalue weighted by molar-refractivity contribution is 7.09. The number of carbonyl (C=O) groups is 1. The molecule has 1 aromatic heterocycles. The second kappa shape index (κ2) is 6.99. The lowest BCUT2D eigenvalue weighted by atomic mass is 10.1. The molecule has 5 nitrogen and oxygen atoms in total. The largest absolute Gasteiger partial charge is 0.497 e. The van der Waals surface area contributed by atoms with Gasteiger partial charge in [-0.1, -0.05) is 0 Å². The Balaban J connectivity index is 1.94. The lowest BCUT2D eigenvalue weighted by molar-refractivity contribution is -0.120. The first-order chi connectivity index (χ1) is 10.1. The highest BCUT2D eigenvalue weighted by Gasteiger charge is 2.06. The summed E-state index contributed by atoms with van der Waals surface area (Å²) in [5, 5.41) is 6.82. The van der Waals surface area contributed by atoms with Gasteiger partial charge in [0, 0.05) is 11.1 Å². The molecule has 1 amide bonds. The molecule has 0 atom stereocenters. The van der Waals surface area contributed by atoms with Gasteiger partial charge in [0.15, 0.2) is 0 Å². The fourth-order valence-corrected chi connectivity index (χ4v) is 2.47. The van der Waals surface area contributed by atoms with Crippen molar-refractivity contribution in [1.82, 2.24) is 10.4 Å². The summed E-state index contributed by atoms with van der Waals surface area (Å²) in [7, 11) is 1.62. The van der Waals surface area contributed by atoms with Crippen LogP contribution in [0.15, 0.2) is 34.7 Å². The third-order valence-electron chi connectivity index (χ3n) is 2.83. The maximum Gasteiger partial charge on any atom is 0.246 e. The molecule has 6 heteroatoms. The van der Waals surface area contributed by atoms with E-state index in [1.807, 2.05) is 43.5 Å². The monoisotopic (exact) mass is 303 g/mol. The second-order valence-electron chi connectivity index (χ2n) is 4.52. The number of methoxy groups -OCH3 is 1. The maximum absolute atomic E-state index is 11.8. The fraction of sp³-hybridized carbons (Fsp3) is 0.267. The number of rotatable bonds is 5. The fourth-order valence-electron chi connectivity index (χ4n) is 1.70. The molecule has 1 heterocycles. The second-order valence-corrected chi connectivity index (χ2v) is 5.46. The number of aryl methyl sites for hydroxylation is 1. The summed E-state index contributed by atoms with van der Waals surface area (Å²) in [6, 6.07) is 7.51. The summed E-state index contributed by atoms with van der Waals surface area (Å²) in [6.07, 6.45) is 0.248. The number of thiazole rings is 1. The zero-order valence-electron chi connectivity index (χ0n) is 12.2. The first-order valence-electron chi connectivity index (χ1n) is 6.47. The molecule has 2 rings (SSSR count). The van der Waals surface area contributed by atoms with E-state index in [9.17, 15) is 4.79 Å². The highest BCUT2D eigenvalue weighted by atomic mass is 32.1. The lowest BCUT2D eigenvalue weighted by Crippen LogP contribution is -2.21. The van der Waals surface area contributed by atoms with Gasteiger partial charge in [0.05, 0.1) is 19.2 Å². The van der Waals surface area contributed by atoms with Crippen molar-refractivity contribution < 1.29 is 9.53 Å². The van der Waals surface area contributed by atoms with Gasteiger partial charge in [0.2, 0.25) is 5.91 Å². The highest BCUT2D eigenvalue weighted by Crippen LogP contribution is 2.12. The van der Waals surface area contributed by atoms with E-state index in [-0.39, 0.29) is 12.3 Å². The summed E-state index contributed by atoms with van der Waals surface area (Å²) in [4.78, 5) is 16.0. The summed E-state index contributed by atoms with van der Waals surface area (Å²) in [6.45, 7) is 3.75. The van der Waals surface area contributed by atoms with E-state index in [0.717, 1.165) is 27.7 Å². The van der Waals surface area contributed by atoms with Crippen LogP contribution in [0.1, 0.15) is 23.2 Å². The van der Waals surface area contributed by atoms with Crippen LogP contribution in [-0.2, 0) is 11.2 Å². The van der Waals surface area contributed by atoms with Crippen LogP contribution in [0.4, 0.5) is 0 Å². The molecule has 21 heavy (non-hydrogen) atoms. The third kappa shape index (κ3) is 4.39. The van der Waals surface area contributed by atoms with Crippen molar-refractivity contribution in [3.63, 3.8) is 0 Å². The smallest absolute Gasteiger partial charge is 0.246 e. The average Bonchev–Trinajstić information content (AvgIpc) is 2.90. The van der Waals surface area contributed by atoms with Gasteiger partial charge >= 0.3 is 0 Å². The van der Waals surface area contributed by atoms with E-state index in [2.05, 4.69) is 15.5 Å². The number of aromatic nitrogens is 1. The molecule has 110 valence electrons. The van der Waals surface area contributed by atoms with Gasteiger partial charge in [-0.05, 0) is 43.7 Å². The minimum absolute atomic E-state index is 0.169. The van der Waals surface area contributed by atoms with Gasteiger partial charge in [-0.25, -0.2) is 10.4 Å². The van der Waals surface area contributed by atoms with E-state index in [1.54, 1.807) is 7.11 Å². The van der Waals surface area contributed by atoms with Crippen molar-refractivity contribution in [2.24, 2.45) is 5.10 Å². The van der Waals surface area contributed by atoms with Gasteiger partial charge in [-0.3, -0.25) is 4.79 Å². The van der Waals surface area contributed by atoms with Crippen molar-refractivity contribution in [1.29, 1.82) is 0 Å². The number of nitrogens with zero attached hydrogens (tertiary/aromatic N) is 2. The Labute approximate surface area is 127 Å². The van der Waals surface area contributed by atoms with Gasteiger partial charge in [0.1, 0.15) is 10.8 Å². The molecule has 2 aromatic rings. The Bertz CT molecular complexity index is 647. The molecule has 1 N–H and O–H groups in total. The molecule has 0 unspecified atom stereocenters. The number of amides is 1. The van der Waals surface area contributed by atoms with Gasteiger partial charge in [-0.2, -0.15) is 5.10 Å². The predicted octanol–water partition coefficient (Wildman–Crippen LogP) is 2.54. The van der Waals surface area contributed by atoms with Crippen LogP contribution in [0.3, 0.4) is 0 Å². The van der Waals surface area contributed by atoms with Crippen molar-refractivity contribution >= 4 is 23.0 Å². The van der Waals surface area contributed by atoms with Crippen LogP contribution in [0.25, 0.3) is 0 Å². The molecule has 0 saturated carbocycles. The van der Waals surface area contributed by atoms with E-state index in [1.165, 1.54) is 11.3 Å². The Morgan fingerprint density at radius 2 is 2.10 bits per heavy atom. The first kappa shape index (κ1) is 15.2. The lowest BCUT2D eigenvalue weighted by Gasteiger charge is -2.04. The van der Waals surface area contributed by atoms with Crippen LogP contribution in [0.5, 0.6) is 5.75 Å². The standard InChI is InChI=1S/C15H17N3O2S/c1-10-9-21-15(16-10)8-14(19)18-17-11(2)12-4-6-13(20-3)7-5-12/h4-7,9H,8H2,1-3H3,(H,18,19)/b17-11-. The van der Waals surface area contributed by atoms with Crippen molar-refractivity contribution in [3.05, 3.63) is 45.9 Å². The normalized spacial score (nSPS) is 11.3. The van der Waals surface area contributed by atoms with Gasteiger partial charge in [0.25, 0.3) is 0 Å². The number of benzene rings is 1. The van der Waals surface area contributed by atoms with E-state index >= 15 is 0 Å². The molecular formula is C15H17N3O2S. The minimum Gasteiger partial charge on any atom is -0.497 e. The maximum atomic E-state index is 11.8. The predicted molar refractivity (Wildman–Crippen MR) is 83.9 cm³/mol. The molecule has 1 aromatic carbocycles. The Hall–Kier alpha value is -2.21. The van der Waals surface area contributed by atoms with Crippen LogP contribution in [0, 0.1) is 6.92 Å². The van der Waals surface area contributed by atoms with Crippen LogP contribution in [0.2, 0.25) is 0 Å². The Morgan fingerprint density at radius 1 is 1.38 bits per heavy atom. The van der Waals surface area contributed by atoms with Crippen molar-refractivity contribution in [3.8, 4) is 5.75 Å². The van der Waals surface area contributed by atoms with Crippen molar-refractivity contribution in [2.45, 2.75) is 20.3 Å². The molecule has 0 aliphatic carbocycles. The summed E-state index contributed by atoms with van der Waals surface area (Å²) in [5.74, 6) is 0.618. The molecular weight excluding hydrogens is 286 g/mol. The topological polar surface area (TPSA) is 63.6 Å². The van der Waals surface area contributed by atoms with E-state index < -0.39 is 0 Å². The number of hydrogen-bond donors (Lipinski definition) is 1. The quantitative estimate of drug-likeness (QED) is 0.682. The number of carbonyl (C=O) groups excluding carboxylic acids is 1. The van der Waals surface area contributed by atoms with Crippen molar-refractivity contribution in [2.75, 3.05) is 7.11 Å². The number of hydrogen-bond acceptors (Lipinski definition) is 5. The molecule has 0 aliphatic rings. The van der Waals surface area contributed by atoms with Crippen LogP contribution in [-0.4, -0.2) is 23.7 Å². The number of nitrogens with one attached hydrogen (secondary N) is 1. The molecule has 0 aliphatic heterocycles. The summed E-state index contributed by atoms with van der Waals surface area (Å²) in [5.41, 5.74) is 5.15. The Morgan fingerprint density at radius 3 is 2.67 bits per heavy atom. The molecule has 0 spiro atoms. The minimum atomic E-state index is -0.169. The first-order valence-corrected chi connectivity index (χ1v) is 7.35. The number of ether oxygens (including phenoxy) is 1. The average molecular weight is 303 g/mol.